The van der Waals surface area contributed by atoms with Crippen LogP contribution in [0.2, 0.25) is 0 Å². The fraction of sp³-hybridized carbons (Fsp3) is 0.841. The van der Waals surface area contributed by atoms with Crippen LogP contribution in [0.1, 0.15) is 277 Å². The average Bonchev–Trinajstić information content (AvgIpc) is 3.64. The third-order valence-electron chi connectivity index (χ3n) is 16.4. The third-order valence-corrected chi connectivity index (χ3v) is 16.4. The van der Waals surface area contributed by atoms with E-state index >= 15 is 0 Å². The molecule has 14 nitrogen and oxygen atoms in total. The summed E-state index contributed by atoms with van der Waals surface area (Å²) in [5, 5.41) is 87.3. The minimum atomic E-state index is -1.80. The number of hydrogen-bond acceptors (Lipinski definition) is 13. The van der Waals surface area contributed by atoms with Gasteiger partial charge in [-0.3, -0.25) is 4.79 Å². The number of ether oxygens (including phenoxy) is 4. The van der Waals surface area contributed by atoms with Crippen LogP contribution in [-0.2, 0) is 23.7 Å². The van der Waals surface area contributed by atoms with Gasteiger partial charge in [-0.15, -0.1) is 0 Å². The molecule has 0 bridgehead atoms. The smallest absolute Gasteiger partial charge is 0.220 e. The van der Waals surface area contributed by atoms with Gasteiger partial charge in [0.2, 0.25) is 5.91 Å². The zero-order valence-electron chi connectivity index (χ0n) is 52.4. The van der Waals surface area contributed by atoms with E-state index in [1.807, 2.05) is 6.08 Å². The minimum Gasteiger partial charge on any atom is -0.394 e. The molecular formula is C69H125NO13. The summed E-state index contributed by atoms with van der Waals surface area (Å²) in [6.45, 7) is 2.77. The highest BCUT2D eigenvalue weighted by Crippen LogP contribution is 2.30. The highest BCUT2D eigenvalue weighted by Gasteiger charge is 2.51. The van der Waals surface area contributed by atoms with Gasteiger partial charge in [0.25, 0.3) is 0 Å². The van der Waals surface area contributed by atoms with Crippen molar-refractivity contribution in [3.63, 3.8) is 0 Å². The van der Waals surface area contributed by atoms with Crippen LogP contribution in [0.5, 0.6) is 0 Å². The fourth-order valence-corrected chi connectivity index (χ4v) is 11.0. The van der Waals surface area contributed by atoms with Crippen LogP contribution < -0.4 is 5.32 Å². The summed E-state index contributed by atoms with van der Waals surface area (Å²) >= 11 is 0. The van der Waals surface area contributed by atoms with Crippen LogP contribution in [0.3, 0.4) is 0 Å². The van der Waals surface area contributed by atoms with Crippen LogP contribution in [0.15, 0.2) is 60.8 Å². The summed E-state index contributed by atoms with van der Waals surface area (Å²) in [4.78, 5) is 13.3. The lowest BCUT2D eigenvalue weighted by atomic mass is 9.97. The molecule has 0 aromatic carbocycles. The van der Waals surface area contributed by atoms with Crippen molar-refractivity contribution in [3.8, 4) is 0 Å². The van der Waals surface area contributed by atoms with Crippen molar-refractivity contribution in [2.45, 2.75) is 351 Å². The van der Waals surface area contributed by atoms with Crippen molar-refractivity contribution in [1.82, 2.24) is 5.32 Å². The zero-order valence-corrected chi connectivity index (χ0v) is 52.4. The maximum Gasteiger partial charge on any atom is 0.220 e. The van der Waals surface area contributed by atoms with E-state index in [9.17, 15) is 45.6 Å². The van der Waals surface area contributed by atoms with E-state index in [2.05, 4.69) is 67.8 Å². The second-order valence-electron chi connectivity index (χ2n) is 23.9. The molecule has 484 valence electrons. The Hall–Kier alpha value is -2.31. The number of allylic oxidation sites excluding steroid dienone is 9. The van der Waals surface area contributed by atoms with Crippen LogP contribution in [0, 0.1) is 0 Å². The lowest BCUT2D eigenvalue weighted by Crippen LogP contribution is -2.65. The van der Waals surface area contributed by atoms with Gasteiger partial charge in [0, 0.05) is 6.42 Å². The van der Waals surface area contributed by atoms with Crippen LogP contribution in [0.4, 0.5) is 0 Å². The van der Waals surface area contributed by atoms with Gasteiger partial charge in [-0.1, -0.05) is 261 Å². The van der Waals surface area contributed by atoms with Crippen molar-refractivity contribution >= 4 is 5.91 Å². The van der Waals surface area contributed by atoms with E-state index in [-0.39, 0.29) is 18.9 Å². The number of carbonyl (C=O) groups is 1. The Labute approximate surface area is 505 Å². The van der Waals surface area contributed by atoms with Crippen molar-refractivity contribution < 1.29 is 64.6 Å². The predicted molar refractivity (Wildman–Crippen MR) is 337 cm³/mol. The van der Waals surface area contributed by atoms with Gasteiger partial charge in [-0.05, 0) is 70.6 Å². The second kappa shape index (κ2) is 53.9. The van der Waals surface area contributed by atoms with Gasteiger partial charge in [-0.25, -0.2) is 0 Å². The van der Waals surface area contributed by atoms with Crippen LogP contribution in [0.25, 0.3) is 0 Å². The number of hydrogen-bond donors (Lipinski definition) is 9. The van der Waals surface area contributed by atoms with Crippen molar-refractivity contribution in [1.29, 1.82) is 0 Å². The molecule has 2 aliphatic rings. The summed E-state index contributed by atoms with van der Waals surface area (Å²) in [5.74, 6) is -0.261. The van der Waals surface area contributed by atoms with E-state index in [4.69, 9.17) is 18.9 Å². The van der Waals surface area contributed by atoms with Gasteiger partial charge in [0.05, 0.1) is 32.0 Å². The monoisotopic (exact) mass is 1180 g/mol. The first-order chi connectivity index (χ1) is 40.6. The van der Waals surface area contributed by atoms with Gasteiger partial charge in [0.15, 0.2) is 12.6 Å². The molecule has 14 heteroatoms. The largest absolute Gasteiger partial charge is 0.394 e. The zero-order chi connectivity index (χ0) is 60.2. The van der Waals surface area contributed by atoms with E-state index < -0.39 is 86.8 Å². The maximum atomic E-state index is 13.3. The Morgan fingerprint density at radius 2 is 0.807 bits per heavy atom. The molecule has 0 radical (unpaired) electrons. The molecule has 12 unspecified atom stereocenters. The highest BCUT2D eigenvalue weighted by molar-refractivity contribution is 5.76. The normalized spacial score (nSPS) is 24.2. The molecule has 12 atom stereocenters. The summed E-state index contributed by atoms with van der Waals surface area (Å²) in [7, 11) is 0. The van der Waals surface area contributed by atoms with Crippen LogP contribution >= 0.6 is 0 Å². The van der Waals surface area contributed by atoms with Gasteiger partial charge >= 0.3 is 0 Å². The van der Waals surface area contributed by atoms with Crippen molar-refractivity contribution in [2.24, 2.45) is 0 Å². The Kier molecular flexibility index (Phi) is 49.9. The third kappa shape index (κ3) is 38.6. The van der Waals surface area contributed by atoms with Gasteiger partial charge in [-0.2, -0.15) is 0 Å². The van der Waals surface area contributed by atoms with E-state index in [1.165, 1.54) is 180 Å². The molecule has 2 aliphatic heterocycles. The molecule has 0 saturated carbocycles. The number of amides is 1. The summed E-state index contributed by atoms with van der Waals surface area (Å²) in [5.41, 5.74) is 0. The Balaban J connectivity index is 1.71. The summed E-state index contributed by atoms with van der Waals surface area (Å²) in [6.07, 6.45) is 54.2. The Bertz CT molecular complexity index is 1620. The lowest BCUT2D eigenvalue weighted by Gasteiger charge is -2.46. The summed E-state index contributed by atoms with van der Waals surface area (Å²) in [6, 6.07) is -0.942. The molecule has 83 heavy (non-hydrogen) atoms. The molecule has 0 aromatic heterocycles. The number of unbranched alkanes of at least 4 members (excludes halogenated alkanes) is 34. The molecule has 1 amide bonds. The van der Waals surface area contributed by atoms with E-state index in [1.54, 1.807) is 6.08 Å². The summed E-state index contributed by atoms with van der Waals surface area (Å²) < 4.78 is 22.8. The quantitative estimate of drug-likeness (QED) is 0.0204. The first kappa shape index (κ1) is 76.8. The first-order valence-electron chi connectivity index (χ1n) is 34.0. The predicted octanol–water partition coefficient (Wildman–Crippen LogP) is 13.3. The Morgan fingerprint density at radius 1 is 0.434 bits per heavy atom. The molecule has 0 spiro atoms. The Morgan fingerprint density at radius 3 is 1.29 bits per heavy atom. The molecule has 0 aliphatic carbocycles. The number of nitrogens with one attached hydrogen (secondary N) is 1. The molecule has 9 N–H and O–H groups in total. The molecule has 2 fully saturated rings. The van der Waals surface area contributed by atoms with Crippen molar-refractivity contribution in [3.05, 3.63) is 60.8 Å². The average molecular weight is 1180 g/mol. The SMILES string of the molecule is CCCCC/C=C\C/C=C\C/C=C\CCCCCCCCC(=O)NC(COC1OC(CO)C(OC2OC(CO)C(O)C(O)C2O)C(O)C1O)C(O)/C=C/CC/C=C/CCCCCCCCCCCCCCCCCCCCCCCCCC. The lowest BCUT2D eigenvalue weighted by molar-refractivity contribution is -0.359. The van der Waals surface area contributed by atoms with E-state index in [0.29, 0.717) is 12.8 Å². The topological polar surface area (TPSA) is 228 Å². The molecule has 2 saturated heterocycles. The number of rotatable bonds is 55. The number of aliphatic hydroxyl groups excluding tert-OH is 8. The van der Waals surface area contributed by atoms with Crippen molar-refractivity contribution in [2.75, 3.05) is 19.8 Å². The highest BCUT2D eigenvalue weighted by atomic mass is 16.7. The fourth-order valence-electron chi connectivity index (χ4n) is 11.0. The maximum absolute atomic E-state index is 13.3. The molecule has 0 aromatic rings. The molecule has 2 heterocycles. The molecular weight excluding hydrogens is 1050 g/mol. The van der Waals surface area contributed by atoms with Gasteiger partial charge in [0.1, 0.15) is 48.8 Å². The van der Waals surface area contributed by atoms with E-state index in [0.717, 1.165) is 64.2 Å². The number of aliphatic hydroxyl groups is 8. The number of carbonyl (C=O) groups excluding carboxylic acids is 1. The second-order valence-corrected chi connectivity index (χ2v) is 23.9. The van der Waals surface area contributed by atoms with Crippen LogP contribution in [-0.4, -0.2) is 140 Å². The minimum absolute atomic E-state index is 0.257. The standard InChI is InChI=1S/C69H125NO13/c1-3-5-7-9-11-13-15-17-19-21-23-24-25-26-27-28-29-30-31-32-33-35-36-38-40-42-44-46-48-50-52-58(73)57(70-61(74)53-51-49-47-45-43-41-39-37-34-22-20-18-16-14-12-10-8-6-4-2)56-80-68-66(79)64(77)67(60(55-72)82-68)83-69-65(78)63(76)62(75)59(54-71)81-69/h12,14,18,20,34,37,42,44,50,52,57-60,62-69,71-73,75-79H,3-11,13,15-17,19,21-33,35-36,38-41,43,45-49,51,53-56H2,1-2H3,(H,70,74)/b14-12-,20-18-,37-34-,44-42+,52-50+. The van der Waals surface area contributed by atoms with Gasteiger partial charge < -0.3 is 65.1 Å². The molecule has 2 rings (SSSR count). The first-order valence-corrected chi connectivity index (χ1v) is 34.0.